The van der Waals surface area contributed by atoms with Crippen molar-refractivity contribution < 1.29 is 9.53 Å². The molecule has 0 fully saturated rings. The minimum Gasteiger partial charge on any atom is -0.497 e. The average Bonchev–Trinajstić information content (AvgIpc) is 2.98. The standard InChI is InChI=1S/C18H19N3O2/c1-23-15-5-3-14(4-6-15)21-18(22)12-2-7-17-16(10-12)13(8-9-19)11-20-17/h2-7,10-11,20H,8-9,19H2,1H3,(H,21,22). The van der Waals surface area contributed by atoms with Crippen molar-refractivity contribution in [3.8, 4) is 5.75 Å². The molecule has 5 heteroatoms. The van der Waals surface area contributed by atoms with Crippen LogP contribution in [0.25, 0.3) is 10.9 Å². The van der Waals surface area contributed by atoms with Crippen LogP contribution in [0, 0.1) is 0 Å². The molecule has 1 amide bonds. The number of hydrogen-bond acceptors (Lipinski definition) is 3. The maximum absolute atomic E-state index is 12.4. The van der Waals surface area contributed by atoms with Crippen LogP contribution in [0.2, 0.25) is 0 Å². The zero-order valence-electron chi connectivity index (χ0n) is 12.9. The van der Waals surface area contributed by atoms with Crippen LogP contribution in [0.3, 0.4) is 0 Å². The van der Waals surface area contributed by atoms with Crippen LogP contribution in [-0.2, 0) is 6.42 Å². The minimum absolute atomic E-state index is 0.142. The normalized spacial score (nSPS) is 10.7. The molecule has 0 spiro atoms. The van der Waals surface area contributed by atoms with Crippen molar-refractivity contribution in [3.63, 3.8) is 0 Å². The van der Waals surface area contributed by atoms with Gasteiger partial charge in [-0.15, -0.1) is 0 Å². The highest BCUT2D eigenvalue weighted by atomic mass is 16.5. The van der Waals surface area contributed by atoms with E-state index in [-0.39, 0.29) is 5.91 Å². The molecule has 4 N–H and O–H groups in total. The van der Waals surface area contributed by atoms with Crippen LogP contribution in [0.15, 0.2) is 48.7 Å². The van der Waals surface area contributed by atoms with Crippen LogP contribution in [0.4, 0.5) is 5.69 Å². The fraction of sp³-hybridized carbons (Fsp3) is 0.167. The molecule has 0 aliphatic heterocycles. The minimum atomic E-state index is -0.142. The van der Waals surface area contributed by atoms with Crippen LogP contribution < -0.4 is 15.8 Å². The summed E-state index contributed by atoms with van der Waals surface area (Å²) in [6.07, 6.45) is 2.73. The molecule has 0 saturated heterocycles. The Kier molecular flexibility index (Phi) is 4.30. The summed E-state index contributed by atoms with van der Waals surface area (Å²) in [5, 5.41) is 3.93. The van der Waals surface area contributed by atoms with Crippen molar-refractivity contribution in [1.29, 1.82) is 0 Å². The number of nitrogens with one attached hydrogen (secondary N) is 2. The first-order valence-electron chi connectivity index (χ1n) is 7.47. The molecule has 0 aliphatic carbocycles. The van der Waals surface area contributed by atoms with Gasteiger partial charge in [0.25, 0.3) is 5.91 Å². The highest BCUT2D eigenvalue weighted by Crippen LogP contribution is 2.21. The van der Waals surface area contributed by atoms with Crippen LogP contribution in [0.5, 0.6) is 5.75 Å². The summed E-state index contributed by atoms with van der Waals surface area (Å²) in [5.41, 5.74) is 9.11. The quantitative estimate of drug-likeness (QED) is 0.678. The van der Waals surface area contributed by atoms with E-state index in [0.29, 0.717) is 12.1 Å². The van der Waals surface area contributed by atoms with Gasteiger partial charge in [0.15, 0.2) is 0 Å². The predicted octanol–water partition coefficient (Wildman–Crippen LogP) is 2.93. The molecule has 23 heavy (non-hydrogen) atoms. The number of ether oxygens (including phenoxy) is 1. The largest absolute Gasteiger partial charge is 0.497 e. The number of H-pyrrole nitrogens is 1. The SMILES string of the molecule is COc1ccc(NC(=O)c2ccc3[nH]cc(CCN)c3c2)cc1. The van der Waals surface area contributed by atoms with E-state index in [2.05, 4.69) is 10.3 Å². The van der Waals surface area contributed by atoms with E-state index in [1.165, 1.54) is 0 Å². The van der Waals surface area contributed by atoms with E-state index < -0.39 is 0 Å². The Hall–Kier alpha value is -2.79. The molecule has 0 aliphatic rings. The first kappa shape index (κ1) is 15.1. The summed E-state index contributed by atoms with van der Waals surface area (Å²) in [5.74, 6) is 0.611. The van der Waals surface area contributed by atoms with Gasteiger partial charge in [0.2, 0.25) is 0 Å². The third kappa shape index (κ3) is 3.19. The molecule has 0 saturated carbocycles. The lowest BCUT2D eigenvalue weighted by Gasteiger charge is -2.07. The third-order valence-electron chi connectivity index (χ3n) is 3.79. The second-order valence-corrected chi connectivity index (χ2v) is 5.30. The Balaban J connectivity index is 1.83. The van der Waals surface area contributed by atoms with Gasteiger partial charge in [-0.1, -0.05) is 0 Å². The first-order valence-corrected chi connectivity index (χ1v) is 7.47. The maximum atomic E-state index is 12.4. The molecule has 3 rings (SSSR count). The summed E-state index contributed by atoms with van der Waals surface area (Å²) in [6.45, 7) is 0.579. The van der Waals surface area contributed by atoms with Crippen molar-refractivity contribution in [1.82, 2.24) is 4.98 Å². The lowest BCUT2D eigenvalue weighted by atomic mass is 10.1. The number of methoxy groups -OCH3 is 1. The highest BCUT2D eigenvalue weighted by molar-refractivity contribution is 6.06. The zero-order valence-corrected chi connectivity index (χ0v) is 12.9. The summed E-state index contributed by atoms with van der Waals surface area (Å²) in [7, 11) is 1.61. The number of carbonyl (C=O) groups excluding carboxylic acids is 1. The molecule has 1 aromatic heterocycles. The number of aromatic amines is 1. The lowest BCUT2D eigenvalue weighted by molar-refractivity contribution is 0.102. The van der Waals surface area contributed by atoms with Crippen molar-refractivity contribution in [3.05, 3.63) is 59.8 Å². The smallest absolute Gasteiger partial charge is 0.255 e. The van der Waals surface area contributed by atoms with Crippen LogP contribution in [-0.4, -0.2) is 24.5 Å². The predicted molar refractivity (Wildman–Crippen MR) is 92.0 cm³/mol. The number of benzene rings is 2. The van der Waals surface area contributed by atoms with Gasteiger partial charge in [-0.25, -0.2) is 0 Å². The number of nitrogens with two attached hydrogens (primary N) is 1. The van der Waals surface area contributed by atoms with E-state index in [1.807, 2.05) is 48.7 Å². The summed E-state index contributed by atoms with van der Waals surface area (Å²) in [4.78, 5) is 15.6. The van der Waals surface area contributed by atoms with Gasteiger partial charge >= 0.3 is 0 Å². The van der Waals surface area contributed by atoms with E-state index in [1.54, 1.807) is 7.11 Å². The third-order valence-corrected chi connectivity index (χ3v) is 3.79. The molecule has 0 atom stereocenters. The van der Waals surface area contributed by atoms with Gasteiger partial charge in [0.1, 0.15) is 5.75 Å². The second-order valence-electron chi connectivity index (χ2n) is 5.30. The van der Waals surface area contributed by atoms with Gasteiger partial charge < -0.3 is 20.8 Å². The number of rotatable bonds is 5. The van der Waals surface area contributed by atoms with E-state index in [4.69, 9.17) is 10.5 Å². The van der Waals surface area contributed by atoms with Crippen LogP contribution >= 0.6 is 0 Å². The fourth-order valence-corrected chi connectivity index (χ4v) is 2.56. The molecule has 0 unspecified atom stereocenters. The Labute approximate surface area is 134 Å². The summed E-state index contributed by atoms with van der Waals surface area (Å²) >= 11 is 0. The number of aromatic nitrogens is 1. The van der Waals surface area contributed by atoms with Crippen LogP contribution in [0.1, 0.15) is 15.9 Å². The topological polar surface area (TPSA) is 80.1 Å². The number of carbonyl (C=O) groups is 1. The number of amides is 1. The monoisotopic (exact) mass is 309 g/mol. The summed E-state index contributed by atoms with van der Waals surface area (Å²) < 4.78 is 5.11. The molecule has 2 aromatic carbocycles. The van der Waals surface area contributed by atoms with Gasteiger partial charge in [-0.05, 0) is 61.0 Å². The molecule has 5 nitrogen and oxygen atoms in total. The zero-order chi connectivity index (χ0) is 16.2. The fourth-order valence-electron chi connectivity index (χ4n) is 2.56. The van der Waals surface area contributed by atoms with E-state index >= 15 is 0 Å². The molecular weight excluding hydrogens is 290 g/mol. The molecule has 118 valence electrons. The summed E-state index contributed by atoms with van der Waals surface area (Å²) in [6, 6.07) is 12.9. The Morgan fingerprint density at radius 2 is 2.00 bits per heavy atom. The average molecular weight is 309 g/mol. The van der Waals surface area contributed by atoms with Gasteiger partial charge in [-0.2, -0.15) is 0 Å². The Morgan fingerprint density at radius 1 is 1.22 bits per heavy atom. The van der Waals surface area contributed by atoms with Crippen molar-refractivity contribution in [2.24, 2.45) is 5.73 Å². The number of fused-ring (bicyclic) bond motifs is 1. The molecule has 3 aromatic rings. The van der Waals surface area contributed by atoms with Gasteiger partial charge in [0, 0.05) is 28.4 Å². The van der Waals surface area contributed by atoms with Gasteiger partial charge in [-0.3, -0.25) is 4.79 Å². The first-order chi connectivity index (χ1) is 11.2. The second kappa shape index (κ2) is 6.54. The van der Waals surface area contributed by atoms with E-state index in [9.17, 15) is 4.79 Å². The molecule has 0 radical (unpaired) electrons. The molecule has 0 bridgehead atoms. The Bertz CT molecular complexity index is 822. The van der Waals surface area contributed by atoms with Crippen molar-refractivity contribution >= 4 is 22.5 Å². The number of anilines is 1. The highest BCUT2D eigenvalue weighted by Gasteiger charge is 2.10. The Morgan fingerprint density at radius 3 is 2.70 bits per heavy atom. The van der Waals surface area contributed by atoms with Crippen molar-refractivity contribution in [2.75, 3.05) is 19.0 Å². The maximum Gasteiger partial charge on any atom is 0.255 e. The molecular formula is C18H19N3O2. The van der Waals surface area contributed by atoms with Crippen molar-refractivity contribution in [2.45, 2.75) is 6.42 Å². The number of hydrogen-bond donors (Lipinski definition) is 3. The van der Waals surface area contributed by atoms with E-state index in [0.717, 1.165) is 34.3 Å². The van der Waals surface area contributed by atoms with Gasteiger partial charge in [0.05, 0.1) is 7.11 Å². The lowest BCUT2D eigenvalue weighted by Crippen LogP contribution is -2.11. The molecule has 1 heterocycles.